The zero-order chi connectivity index (χ0) is 26.0. The fourth-order valence-electron chi connectivity index (χ4n) is 4.43. The third-order valence-corrected chi connectivity index (χ3v) is 7.92. The lowest BCUT2D eigenvalue weighted by Crippen LogP contribution is -2.48. The van der Waals surface area contributed by atoms with Crippen molar-refractivity contribution in [2.24, 2.45) is 0 Å². The topological polar surface area (TPSA) is 83.5 Å². The maximum absolute atomic E-state index is 12.6. The van der Waals surface area contributed by atoms with Crippen molar-refractivity contribution in [3.63, 3.8) is 0 Å². The fourth-order valence-corrected chi connectivity index (χ4v) is 5.33. The van der Waals surface area contributed by atoms with Crippen LogP contribution in [0.25, 0.3) is 0 Å². The summed E-state index contributed by atoms with van der Waals surface area (Å²) in [5.41, 5.74) is 2.60. The minimum absolute atomic E-state index is 0.0615. The first-order valence-electron chi connectivity index (χ1n) is 13.1. The number of rotatable bonds is 9. The van der Waals surface area contributed by atoms with Crippen molar-refractivity contribution < 1.29 is 4.79 Å². The van der Waals surface area contributed by atoms with E-state index in [-0.39, 0.29) is 12.1 Å². The molecule has 1 aromatic carbocycles. The molecule has 2 aliphatic carbocycles. The molecular formula is C28H38N6OS2. The molecule has 0 bridgehead atoms. The Morgan fingerprint density at radius 1 is 1.14 bits per heavy atom. The molecule has 0 saturated carbocycles. The molecule has 9 heteroatoms. The van der Waals surface area contributed by atoms with Crippen LogP contribution in [0, 0.1) is 5.41 Å². The van der Waals surface area contributed by atoms with Crippen LogP contribution in [0.2, 0.25) is 0 Å². The lowest BCUT2D eigenvalue weighted by molar-refractivity contribution is 0.180. The van der Waals surface area contributed by atoms with Crippen LogP contribution in [0.3, 0.4) is 0 Å². The number of thiol groups is 1. The first-order chi connectivity index (χ1) is 18.0. The number of unbranched alkanes of at least 4 members (excludes halogenated alkanes) is 1. The van der Waals surface area contributed by atoms with Gasteiger partial charge in [0.05, 0.1) is 6.04 Å². The highest BCUT2D eigenvalue weighted by molar-refractivity contribution is 8.01. The quantitative estimate of drug-likeness (QED) is 0.130. The van der Waals surface area contributed by atoms with E-state index in [0.29, 0.717) is 16.8 Å². The number of nitrogens with zero attached hydrogens (tertiary/aromatic N) is 2. The van der Waals surface area contributed by atoms with Crippen molar-refractivity contribution >= 4 is 42.1 Å². The second kappa shape index (κ2) is 13.8. The number of hydrogen-bond acceptors (Lipinski definition) is 6. The minimum Gasteiger partial charge on any atom is -0.354 e. The van der Waals surface area contributed by atoms with E-state index in [2.05, 4.69) is 69.0 Å². The molecule has 2 unspecified atom stereocenters. The molecule has 1 heterocycles. The molecule has 198 valence electrons. The Kier molecular flexibility index (Phi) is 10.2. The Hall–Kier alpha value is -2.62. The Morgan fingerprint density at radius 2 is 1.97 bits per heavy atom. The molecule has 1 saturated heterocycles. The summed E-state index contributed by atoms with van der Waals surface area (Å²) < 4.78 is 3.36. The van der Waals surface area contributed by atoms with Gasteiger partial charge in [0, 0.05) is 53.3 Å². The molecule has 4 rings (SSSR count). The number of allylic oxidation sites excluding steroid dienone is 3. The van der Waals surface area contributed by atoms with Gasteiger partial charge in [-0.2, -0.15) is 12.6 Å². The van der Waals surface area contributed by atoms with Crippen molar-refractivity contribution in [1.29, 1.82) is 5.41 Å². The highest BCUT2D eigenvalue weighted by Crippen LogP contribution is 2.23. The number of nitrogens with one attached hydrogen (secondary N) is 4. The summed E-state index contributed by atoms with van der Waals surface area (Å²) >= 11 is 6.02. The molecule has 2 amide bonds. The number of amidine groups is 1. The van der Waals surface area contributed by atoms with Crippen LogP contribution < -0.4 is 15.4 Å². The summed E-state index contributed by atoms with van der Waals surface area (Å²) in [6, 6.07) is 7.27. The normalized spacial score (nSPS) is 21.7. The highest BCUT2D eigenvalue weighted by atomic mass is 32.2. The molecule has 0 aromatic heterocycles. The maximum atomic E-state index is 12.6. The summed E-state index contributed by atoms with van der Waals surface area (Å²) in [6.45, 7) is 7.08. The van der Waals surface area contributed by atoms with E-state index in [0.717, 1.165) is 61.7 Å². The number of anilines is 1. The van der Waals surface area contributed by atoms with Crippen molar-refractivity contribution in [3.05, 3.63) is 76.9 Å². The van der Waals surface area contributed by atoms with Crippen molar-refractivity contribution in [2.75, 3.05) is 38.0 Å². The molecule has 4 N–H and O–H groups in total. The number of carbonyl (C=O) groups is 1. The highest BCUT2D eigenvalue weighted by Gasteiger charge is 2.20. The fraction of sp³-hybridized carbons (Fsp3) is 0.429. The first kappa shape index (κ1) is 27.4. The average molecular weight is 539 g/mol. The summed E-state index contributed by atoms with van der Waals surface area (Å²) in [6.07, 6.45) is 16.6. The molecule has 1 aromatic rings. The van der Waals surface area contributed by atoms with Gasteiger partial charge in [-0.1, -0.05) is 49.8 Å². The summed E-state index contributed by atoms with van der Waals surface area (Å²) in [7, 11) is 0. The molecule has 0 spiro atoms. The first-order valence-corrected chi connectivity index (χ1v) is 14.4. The molecule has 37 heavy (non-hydrogen) atoms. The summed E-state index contributed by atoms with van der Waals surface area (Å²) in [5, 5.41) is 14.9. The zero-order valence-electron chi connectivity index (χ0n) is 21.5. The molecular weight excluding hydrogens is 500 g/mol. The molecule has 3 aliphatic rings. The van der Waals surface area contributed by atoms with Crippen LogP contribution >= 0.6 is 24.6 Å². The van der Waals surface area contributed by atoms with E-state index >= 15 is 0 Å². The predicted molar refractivity (Wildman–Crippen MR) is 159 cm³/mol. The van der Waals surface area contributed by atoms with Gasteiger partial charge in [-0.15, -0.1) is 0 Å². The number of hydrogen-bond donors (Lipinski definition) is 5. The van der Waals surface area contributed by atoms with E-state index in [4.69, 9.17) is 5.41 Å². The Labute approximate surface area is 230 Å². The number of piperazine rings is 1. The van der Waals surface area contributed by atoms with Crippen LogP contribution in [0.15, 0.2) is 71.3 Å². The zero-order valence-corrected chi connectivity index (χ0v) is 23.2. The van der Waals surface area contributed by atoms with Crippen LogP contribution in [0.5, 0.6) is 0 Å². The van der Waals surface area contributed by atoms with E-state index in [1.165, 1.54) is 12.8 Å². The number of benzene rings is 1. The lowest BCUT2D eigenvalue weighted by Gasteiger charge is -2.36. The van der Waals surface area contributed by atoms with Crippen LogP contribution in [-0.2, 0) is 0 Å². The third-order valence-electron chi connectivity index (χ3n) is 6.66. The average Bonchev–Trinajstić information content (AvgIpc) is 2.92. The smallest absolute Gasteiger partial charge is 0.319 e. The van der Waals surface area contributed by atoms with E-state index < -0.39 is 0 Å². The molecule has 2 atom stereocenters. The van der Waals surface area contributed by atoms with Crippen molar-refractivity contribution in [2.45, 2.75) is 43.9 Å². The molecule has 1 aliphatic heterocycles. The Balaban J connectivity index is 1.21. The monoisotopic (exact) mass is 538 g/mol. The number of amides is 2. The number of urea groups is 1. The van der Waals surface area contributed by atoms with Gasteiger partial charge in [0.25, 0.3) is 0 Å². The second-order valence-electron chi connectivity index (χ2n) is 9.54. The third kappa shape index (κ3) is 8.45. The van der Waals surface area contributed by atoms with E-state index in [1.54, 1.807) is 11.9 Å². The van der Waals surface area contributed by atoms with Gasteiger partial charge in [0.2, 0.25) is 0 Å². The van der Waals surface area contributed by atoms with Crippen LogP contribution in [-0.4, -0.2) is 65.7 Å². The molecule has 7 nitrogen and oxygen atoms in total. The van der Waals surface area contributed by atoms with Gasteiger partial charge < -0.3 is 20.3 Å². The minimum atomic E-state index is -0.246. The Morgan fingerprint density at radius 3 is 2.68 bits per heavy atom. The van der Waals surface area contributed by atoms with Crippen LogP contribution in [0.1, 0.15) is 38.2 Å². The van der Waals surface area contributed by atoms with Gasteiger partial charge >= 0.3 is 6.03 Å². The molecule has 1 fully saturated rings. The van der Waals surface area contributed by atoms with Gasteiger partial charge in [-0.05, 0) is 62.0 Å². The van der Waals surface area contributed by atoms with Crippen molar-refractivity contribution in [3.8, 4) is 0 Å². The number of carbonyl (C=O) groups excluding carboxylic acids is 1. The molecule has 0 radical (unpaired) electrons. The van der Waals surface area contributed by atoms with Gasteiger partial charge in [0.15, 0.2) is 0 Å². The predicted octanol–water partition coefficient (Wildman–Crippen LogP) is 5.14. The largest absolute Gasteiger partial charge is 0.354 e. The van der Waals surface area contributed by atoms with Crippen LogP contribution in [0.4, 0.5) is 10.5 Å². The van der Waals surface area contributed by atoms with Gasteiger partial charge in [-0.25, -0.2) is 4.79 Å². The van der Waals surface area contributed by atoms with Crippen molar-refractivity contribution in [1.82, 2.24) is 19.8 Å². The van der Waals surface area contributed by atoms with E-state index in [1.807, 2.05) is 36.4 Å². The maximum Gasteiger partial charge on any atom is 0.319 e. The standard InChI is InChI=1S/C28H38N6OS2/c1-2-3-15-33-16-18-34(19-17-33)27(29)21-5-4-6-24(20-21)31-28(35)30-22-9-13-26(14-10-22)37-32-23-7-11-25(36)12-8-23/h4-9,11,13-14,20,22,25,29,32,36H,2-3,10,12,15-19H2,1H3,(H2,30,31,35). The van der Waals surface area contributed by atoms with E-state index in [9.17, 15) is 4.79 Å². The lowest BCUT2D eigenvalue weighted by atomic mass is 10.1. The van der Waals surface area contributed by atoms with Gasteiger partial charge in [0.1, 0.15) is 5.84 Å². The SMILES string of the molecule is CCCCN1CCN(C(=N)c2cccc(NC(=O)NC3C=CC(SNC4=CCC(S)C=C4)=CC3)c2)CC1. The second-order valence-corrected chi connectivity index (χ2v) is 11.1. The summed E-state index contributed by atoms with van der Waals surface area (Å²) in [4.78, 5) is 18.4. The Bertz CT molecular complexity index is 1070. The van der Waals surface area contributed by atoms with Gasteiger partial charge in [-0.3, -0.25) is 10.3 Å². The summed E-state index contributed by atoms with van der Waals surface area (Å²) in [5.74, 6) is 0.517.